The van der Waals surface area contributed by atoms with Gasteiger partial charge in [0.05, 0.1) is 21.3 Å². The summed E-state index contributed by atoms with van der Waals surface area (Å²) in [7, 11) is -3.59. The van der Waals surface area contributed by atoms with Crippen LogP contribution < -0.4 is 10.0 Å². The number of nitrogens with one attached hydrogen (secondary N) is 2. The van der Waals surface area contributed by atoms with E-state index in [2.05, 4.69) is 52.0 Å². The lowest BCUT2D eigenvalue weighted by atomic mass is 10.1. The Kier molecular flexibility index (Phi) is 7.16. The van der Waals surface area contributed by atoms with Gasteiger partial charge in [-0.25, -0.2) is 18.1 Å². The van der Waals surface area contributed by atoms with E-state index in [0.29, 0.717) is 33.8 Å². The maximum Gasteiger partial charge on any atom is 0.241 e. The number of sulfonamides is 1. The summed E-state index contributed by atoms with van der Waals surface area (Å²) >= 11 is 13.1. The Morgan fingerprint density at radius 3 is 2.53 bits per heavy atom. The van der Waals surface area contributed by atoms with Crippen LogP contribution in [0.2, 0.25) is 5.02 Å². The van der Waals surface area contributed by atoms with Gasteiger partial charge in [-0.15, -0.1) is 0 Å². The number of hydrogen-bond acceptors (Lipinski definition) is 5. The molecule has 0 spiro atoms. The molecule has 0 amide bonds. The van der Waals surface area contributed by atoms with Crippen molar-refractivity contribution in [3.63, 3.8) is 0 Å². The van der Waals surface area contributed by atoms with Crippen molar-refractivity contribution in [2.75, 3.05) is 18.4 Å². The van der Waals surface area contributed by atoms with Crippen molar-refractivity contribution in [1.82, 2.24) is 19.3 Å². The minimum Gasteiger partial charge on any atom is -0.370 e. The molecule has 0 fully saturated rings. The van der Waals surface area contributed by atoms with Crippen LogP contribution in [0.5, 0.6) is 0 Å². The Balaban J connectivity index is 1.47. The van der Waals surface area contributed by atoms with E-state index >= 15 is 0 Å². The molecular weight excluding hydrogens is 582 g/mol. The number of hydrogen-bond donors (Lipinski definition) is 2. The standard InChI is InChI=1S/C21H18Br2ClN5O2S/c22-15-7-2-4-9-19(15)32(30,31)27-11-5-10-25-20-12-18(14-6-1-3-8-17(14)24)28-21-16(23)13-26-29(20)21/h1-4,6-9,12-13,25,27H,5,10-11H2. The normalized spacial score (nSPS) is 11.7. The molecule has 2 aromatic heterocycles. The molecule has 2 aromatic carbocycles. The van der Waals surface area contributed by atoms with E-state index in [0.717, 1.165) is 15.9 Å². The van der Waals surface area contributed by atoms with Gasteiger partial charge < -0.3 is 5.32 Å². The molecule has 0 unspecified atom stereocenters. The zero-order valence-corrected chi connectivity index (χ0v) is 21.3. The number of benzene rings is 2. The van der Waals surface area contributed by atoms with Gasteiger partial charge >= 0.3 is 0 Å². The van der Waals surface area contributed by atoms with Gasteiger partial charge in [0.1, 0.15) is 5.82 Å². The van der Waals surface area contributed by atoms with Crippen LogP contribution in [0.25, 0.3) is 16.9 Å². The van der Waals surface area contributed by atoms with Crippen LogP contribution in [0.1, 0.15) is 6.42 Å². The Labute approximate surface area is 207 Å². The molecule has 7 nitrogen and oxygen atoms in total. The highest BCUT2D eigenvalue weighted by molar-refractivity contribution is 9.11. The van der Waals surface area contributed by atoms with Crippen molar-refractivity contribution in [1.29, 1.82) is 0 Å². The third-order valence-corrected chi connectivity index (χ3v) is 8.02. The Bertz CT molecular complexity index is 1380. The van der Waals surface area contributed by atoms with Crippen LogP contribution in [-0.4, -0.2) is 36.1 Å². The molecule has 0 saturated heterocycles. The predicted octanol–water partition coefficient (Wildman–Crippen LogP) is 5.36. The fourth-order valence-corrected chi connectivity index (χ4v) is 5.78. The molecule has 2 N–H and O–H groups in total. The first kappa shape index (κ1) is 23.2. The molecule has 0 saturated carbocycles. The second kappa shape index (κ2) is 9.88. The smallest absolute Gasteiger partial charge is 0.241 e. The Morgan fingerprint density at radius 2 is 1.75 bits per heavy atom. The number of nitrogens with zero attached hydrogens (tertiary/aromatic N) is 3. The van der Waals surface area contributed by atoms with Crippen molar-refractivity contribution >= 4 is 64.9 Å². The first-order chi connectivity index (χ1) is 15.4. The van der Waals surface area contributed by atoms with Crippen LogP contribution in [-0.2, 0) is 10.0 Å². The molecule has 0 bridgehead atoms. The van der Waals surface area contributed by atoms with Crippen molar-refractivity contribution < 1.29 is 8.42 Å². The molecule has 2 heterocycles. The highest BCUT2D eigenvalue weighted by Gasteiger charge is 2.16. The zero-order chi connectivity index (χ0) is 22.7. The number of fused-ring (bicyclic) bond motifs is 1. The molecule has 166 valence electrons. The maximum atomic E-state index is 12.5. The molecule has 4 rings (SSSR count). The Morgan fingerprint density at radius 1 is 1.00 bits per heavy atom. The summed E-state index contributed by atoms with van der Waals surface area (Å²) in [4.78, 5) is 4.90. The topological polar surface area (TPSA) is 88.4 Å². The van der Waals surface area contributed by atoms with Gasteiger partial charge in [-0.05, 0) is 56.5 Å². The molecule has 0 radical (unpaired) electrons. The molecular formula is C21H18Br2ClN5O2S. The van der Waals surface area contributed by atoms with Crippen molar-refractivity contribution in [2.24, 2.45) is 0 Å². The number of rotatable bonds is 8. The number of aromatic nitrogens is 3. The molecule has 0 aliphatic heterocycles. The van der Waals surface area contributed by atoms with E-state index in [1.54, 1.807) is 35.0 Å². The van der Waals surface area contributed by atoms with Crippen LogP contribution in [0.3, 0.4) is 0 Å². The fourth-order valence-electron chi connectivity index (χ4n) is 3.12. The predicted molar refractivity (Wildman–Crippen MR) is 134 cm³/mol. The van der Waals surface area contributed by atoms with Crippen LogP contribution in [0.4, 0.5) is 5.82 Å². The lowest BCUT2D eigenvalue weighted by Gasteiger charge is -2.12. The highest BCUT2D eigenvalue weighted by Crippen LogP contribution is 2.30. The Hall–Kier alpha value is -1.98. The summed E-state index contributed by atoms with van der Waals surface area (Å²) < 4.78 is 30.6. The van der Waals surface area contributed by atoms with Crippen LogP contribution >= 0.6 is 43.5 Å². The van der Waals surface area contributed by atoms with E-state index in [9.17, 15) is 8.42 Å². The highest BCUT2D eigenvalue weighted by atomic mass is 79.9. The van der Waals surface area contributed by atoms with Gasteiger partial charge in [-0.2, -0.15) is 9.61 Å². The minimum atomic E-state index is -3.59. The summed E-state index contributed by atoms with van der Waals surface area (Å²) in [5.41, 5.74) is 2.18. The summed E-state index contributed by atoms with van der Waals surface area (Å²) in [5.74, 6) is 0.726. The molecule has 0 aliphatic rings. The van der Waals surface area contributed by atoms with E-state index in [1.165, 1.54) is 0 Å². The fraction of sp³-hybridized carbons (Fsp3) is 0.143. The minimum absolute atomic E-state index is 0.217. The molecule has 4 aromatic rings. The van der Waals surface area contributed by atoms with Gasteiger partial charge in [0.15, 0.2) is 5.65 Å². The zero-order valence-electron chi connectivity index (χ0n) is 16.6. The van der Waals surface area contributed by atoms with E-state index < -0.39 is 10.0 Å². The van der Waals surface area contributed by atoms with Gasteiger partial charge in [-0.1, -0.05) is 41.9 Å². The summed E-state index contributed by atoms with van der Waals surface area (Å²) in [6, 6.07) is 16.1. The largest absolute Gasteiger partial charge is 0.370 e. The van der Waals surface area contributed by atoms with Gasteiger partial charge in [-0.3, -0.25) is 0 Å². The quantitative estimate of drug-likeness (QED) is 0.267. The van der Waals surface area contributed by atoms with Gasteiger partial charge in [0.2, 0.25) is 10.0 Å². The summed E-state index contributed by atoms with van der Waals surface area (Å²) in [5, 5.41) is 8.28. The first-order valence-electron chi connectivity index (χ1n) is 9.64. The van der Waals surface area contributed by atoms with Crippen molar-refractivity contribution in [3.05, 3.63) is 74.8 Å². The SMILES string of the molecule is O=S(=O)(NCCCNc1cc(-c2ccccc2Cl)nc2c(Br)cnn12)c1ccccc1Br. The molecule has 0 aliphatic carbocycles. The average molecular weight is 600 g/mol. The van der Waals surface area contributed by atoms with E-state index in [1.807, 2.05) is 30.3 Å². The lowest BCUT2D eigenvalue weighted by Crippen LogP contribution is -2.26. The average Bonchev–Trinajstić information content (AvgIpc) is 3.15. The van der Waals surface area contributed by atoms with Crippen molar-refractivity contribution in [3.8, 4) is 11.3 Å². The molecule has 0 atom stereocenters. The maximum absolute atomic E-state index is 12.5. The van der Waals surface area contributed by atoms with Crippen LogP contribution in [0, 0.1) is 0 Å². The first-order valence-corrected chi connectivity index (χ1v) is 13.1. The van der Waals surface area contributed by atoms with Gasteiger partial charge in [0, 0.05) is 34.2 Å². The number of anilines is 1. The second-order valence-corrected chi connectivity index (χ2v) is 10.7. The summed E-state index contributed by atoms with van der Waals surface area (Å²) in [6.45, 7) is 0.808. The summed E-state index contributed by atoms with van der Waals surface area (Å²) in [6.07, 6.45) is 2.24. The number of halogens is 3. The van der Waals surface area contributed by atoms with Crippen LogP contribution in [0.15, 0.2) is 74.6 Å². The van der Waals surface area contributed by atoms with E-state index in [4.69, 9.17) is 11.6 Å². The van der Waals surface area contributed by atoms with Gasteiger partial charge in [0.25, 0.3) is 0 Å². The molecule has 32 heavy (non-hydrogen) atoms. The third kappa shape index (κ3) is 4.99. The van der Waals surface area contributed by atoms with Crippen molar-refractivity contribution in [2.45, 2.75) is 11.3 Å². The lowest BCUT2D eigenvalue weighted by molar-refractivity contribution is 0.579. The monoisotopic (exact) mass is 597 g/mol. The second-order valence-electron chi connectivity index (χ2n) is 6.84. The third-order valence-electron chi connectivity index (χ3n) is 4.66. The molecule has 11 heteroatoms. The van der Waals surface area contributed by atoms with E-state index in [-0.39, 0.29) is 11.4 Å².